The van der Waals surface area contributed by atoms with Gasteiger partial charge in [-0.3, -0.25) is 9.48 Å². The third-order valence-electron chi connectivity index (χ3n) is 3.19. The van der Waals surface area contributed by atoms with Gasteiger partial charge >= 0.3 is 0 Å². The number of amides is 1. The predicted molar refractivity (Wildman–Crippen MR) is 77.7 cm³/mol. The van der Waals surface area contributed by atoms with Crippen LogP contribution in [0.15, 0.2) is 36.5 Å². The van der Waals surface area contributed by atoms with Crippen LogP contribution < -0.4 is 5.32 Å². The van der Waals surface area contributed by atoms with Gasteiger partial charge in [0.25, 0.3) is 5.91 Å². The molecule has 108 valence electrons. The number of nitrogens with one attached hydrogen (secondary N) is 1. The van der Waals surface area contributed by atoms with Crippen LogP contribution in [0.1, 0.15) is 17.4 Å². The molecule has 0 unspecified atom stereocenters. The maximum atomic E-state index is 12.0. The fourth-order valence-electron chi connectivity index (χ4n) is 2.19. The second-order valence-corrected chi connectivity index (χ2v) is 5.01. The largest absolute Gasteiger partial charge is 0.346 e. The minimum absolute atomic E-state index is 0.0791. The number of aryl methyl sites for hydroxylation is 1. The molecule has 1 atom stereocenters. The summed E-state index contributed by atoms with van der Waals surface area (Å²) in [5, 5.41) is 15.2. The lowest BCUT2D eigenvalue weighted by atomic mass is 10.3. The molecule has 1 amide bonds. The first-order valence-corrected chi connectivity index (χ1v) is 6.72. The molecule has 0 aliphatic heterocycles. The van der Waals surface area contributed by atoms with Gasteiger partial charge in [-0.25, -0.2) is 4.68 Å². The van der Waals surface area contributed by atoms with Gasteiger partial charge in [0.2, 0.25) is 0 Å². The summed E-state index contributed by atoms with van der Waals surface area (Å²) in [6, 6.07) is 9.35. The average Bonchev–Trinajstić information content (AvgIpc) is 3.06. The van der Waals surface area contributed by atoms with E-state index in [2.05, 4.69) is 20.7 Å². The van der Waals surface area contributed by atoms with E-state index in [1.54, 1.807) is 28.7 Å². The van der Waals surface area contributed by atoms with Gasteiger partial charge in [-0.1, -0.05) is 17.3 Å². The Hall–Kier alpha value is -2.70. The summed E-state index contributed by atoms with van der Waals surface area (Å²) in [5.74, 6) is -0.187. The number of fused-ring (bicyclic) bond motifs is 1. The summed E-state index contributed by atoms with van der Waals surface area (Å²) < 4.78 is 3.39. The lowest BCUT2D eigenvalue weighted by Crippen LogP contribution is -2.36. The van der Waals surface area contributed by atoms with Crippen LogP contribution in [0.5, 0.6) is 0 Å². The molecule has 3 aromatic rings. The van der Waals surface area contributed by atoms with Crippen LogP contribution in [-0.2, 0) is 13.6 Å². The molecule has 0 saturated heterocycles. The van der Waals surface area contributed by atoms with E-state index in [9.17, 15) is 4.79 Å². The van der Waals surface area contributed by atoms with E-state index < -0.39 is 0 Å². The Morgan fingerprint density at radius 3 is 2.90 bits per heavy atom. The zero-order valence-corrected chi connectivity index (χ0v) is 11.9. The van der Waals surface area contributed by atoms with E-state index in [0.717, 1.165) is 11.0 Å². The van der Waals surface area contributed by atoms with Crippen molar-refractivity contribution >= 4 is 16.9 Å². The van der Waals surface area contributed by atoms with Crippen molar-refractivity contribution in [3.05, 3.63) is 42.2 Å². The van der Waals surface area contributed by atoms with Gasteiger partial charge in [0.1, 0.15) is 11.2 Å². The second kappa shape index (κ2) is 5.35. The summed E-state index contributed by atoms with van der Waals surface area (Å²) in [6.07, 6.45) is 1.74. The molecule has 0 aliphatic rings. The van der Waals surface area contributed by atoms with Crippen LogP contribution in [0.4, 0.5) is 0 Å². The number of aromatic nitrogens is 5. The predicted octanol–water partition coefficient (Wildman–Crippen LogP) is 0.983. The molecular weight excluding hydrogens is 268 g/mol. The Balaban J connectivity index is 1.69. The average molecular weight is 284 g/mol. The maximum absolute atomic E-state index is 12.0. The Labute approximate surface area is 121 Å². The number of carbonyl (C=O) groups excluding carboxylic acids is 1. The molecule has 21 heavy (non-hydrogen) atoms. The first-order chi connectivity index (χ1) is 10.1. The molecule has 0 bridgehead atoms. The molecule has 3 rings (SSSR count). The molecule has 7 nitrogen and oxygen atoms in total. The zero-order valence-electron chi connectivity index (χ0n) is 11.9. The van der Waals surface area contributed by atoms with Crippen LogP contribution in [0, 0.1) is 0 Å². The maximum Gasteiger partial charge on any atom is 0.272 e. The minimum Gasteiger partial charge on any atom is -0.346 e. The lowest BCUT2D eigenvalue weighted by molar-refractivity contribution is 0.0930. The van der Waals surface area contributed by atoms with Crippen LogP contribution in [0.3, 0.4) is 0 Å². The third kappa shape index (κ3) is 2.76. The molecule has 1 aromatic carbocycles. The Kier molecular flexibility index (Phi) is 3.39. The second-order valence-electron chi connectivity index (χ2n) is 5.01. The van der Waals surface area contributed by atoms with E-state index in [4.69, 9.17) is 0 Å². The quantitative estimate of drug-likeness (QED) is 0.775. The minimum atomic E-state index is -0.187. The first-order valence-electron chi connectivity index (χ1n) is 6.72. The van der Waals surface area contributed by atoms with Crippen LogP contribution in [0.2, 0.25) is 0 Å². The summed E-state index contributed by atoms with van der Waals surface area (Å²) >= 11 is 0. The van der Waals surface area contributed by atoms with Crippen molar-refractivity contribution in [2.75, 3.05) is 0 Å². The molecule has 0 spiro atoms. The van der Waals surface area contributed by atoms with Gasteiger partial charge in [0, 0.05) is 19.3 Å². The van der Waals surface area contributed by atoms with E-state index in [-0.39, 0.29) is 11.9 Å². The molecule has 0 aliphatic carbocycles. The van der Waals surface area contributed by atoms with E-state index in [0.29, 0.717) is 12.2 Å². The van der Waals surface area contributed by atoms with Crippen LogP contribution in [0.25, 0.3) is 11.0 Å². The summed E-state index contributed by atoms with van der Waals surface area (Å²) in [5.41, 5.74) is 2.21. The number of hydrogen-bond acceptors (Lipinski definition) is 4. The van der Waals surface area contributed by atoms with Crippen LogP contribution in [-0.4, -0.2) is 36.7 Å². The van der Waals surface area contributed by atoms with Gasteiger partial charge in [-0.2, -0.15) is 5.10 Å². The molecule has 0 radical (unpaired) electrons. The Bertz CT molecular complexity index is 774. The smallest absolute Gasteiger partial charge is 0.272 e. The number of benzene rings is 1. The highest BCUT2D eigenvalue weighted by molar-refractivity contribution is 5.92. The van der Waals surface area contributed by atoms with Crippen LogP contribution >= 0.6 is 0 Å². The van der Waals surface area contributed by atoms with Crippen molar-refractivity contribution in [2.24, 2.45) is 7.05 Å². The van der Waals surface area contributed by atoms with Crippen molar-refractivity contribution < 1.29 is 4.79 Å². The van der Waals surface area contributed by atoms with E-state index in [1.165, 1.54) is 0 Å². The van der Waals surface area contributed by atoms with Gasteiger partial charge < -0.3 is 5.32 Å². The fourth-order valence-corrected chi connectivity index (χ4v) is 2.19. The first kappa shape index (κ1) is 13.3. The zero-order chi connectivity index (χ0) is 14.8. The highest BCUT2D eigenvalue weighted by Crippen LogP contribution is 2.10. The number of carbonyl (C=O) groups is 1. The van der Waals surface area contributed by atoms with Gasteiger partial charge in [-0.05, 0) is 25.1 Å². The summed E-state index contributed by atoms with van der Waals surface area (Å²) in [6.45, 7) is 2.48. The van der Waals surface area contributed by atoms with Gasteiger partial charge in [-0.15, -0.1) is 5.10 Å². The van der Waals surface area contributed by atoms with E-state index in [1.807, 2.05) is 31.2 Å². The molecule has 2 aromatic heterocycles. The summed E-state index contributed by atoms with van der Waals surface area (Å²) in [7, 11) is 1.78. The number of rotatable bonds is 4. The van der Waals surface area contributed by atoms with Gasteiger partial charge in [0.05, 0.1) is 12.1 Å². The lowest BCUT2D eigenvalue weighted by Gasteiger charge is -2.13. The van der Waals surface area contributed by atoms with Crippen molar-refractivity contribution in [1.29, 1.82) is 0 Å². The highest BCUT2D eigenvalue weighted by atomic mass is 16.2. The monoisotopic (exact) mass is 284 g/mol. The van der Waals surface area contributed by atoms with Crippen molar-refractivity contribution in [2.45, 2.75) is 19.5 Å². The molecule has 1 N–H and O–H groups in total. The number of nitrogens with zero attached hydrogens (tertiary/aromatic N) is 5. The number of para-hydroxylation sites is 1. The molecule has 2 heterocycles. The molecule has 0 saturated carbocycles. The van der Waals surface area contributed by atoms with Gasteiger partial charge in [0.15, 0.2) is 0 Å². The SMILES string of the molecule is C[C@@H](Cn1nnc2ccccc21)NC(=O)c1ccn(C)n1. The van der Waals surface area contributed by atoms with Crippen molar-refractivity contribution in [3.63, 3.8) is 0 Å². The fraction of sp³-hybridized carbons (Fsp3) is 0.286. The highest BCUT2D eigenvalue weighted by Gasteiger charge is 2.14. The molecule has 0 fully saturated rings. The number of hydrogen-bond donors (Lipinski definition) is 1. The van der Waals surface area contributed by atoms with Crippen molar-refractivity contribution in [1.82, 2.24) is 30.1 Å². The van der Waals surface area contributed by atoms with E-state index >= 15 is 0 Å². The summed E-state index contributed by atoms with van der Waals surface area (Å²) in [4.78, 5) is 12.0. The Morgan fingerprint density at radius 1 is 1.33 bits per heavy atom. The standard InChI is InChI=1S/C14H16N6O/c1-10(15-14(21)12-7-8-19(2)17-12)9-20-13-6-4-3-5-11(13)16-18-20/h3-8,10H,9H2,1-2H3,(H,15,21)/t10-/m0/s1. The Morgan fingerprint density at radius 2 is 2.14 bits per heavy atom. The van der Waals surface area contributed by atoms with Crippen molar-refractivity contribution in [3.8, 4) is 0 Å². The topological polar surface area (TPSA) is 77.6 Å². The third-order valence-corrected chi connectivity index (χ3v) is 3.19. The molecule has 7 heteroatoms. The normalized spacial score (nSPS) is 12.5. The molecular formula is C14H16N6O.